The molecule has 1 heterocycles. The molecule has 1 saturated heterocycles. The molecule has 1 rings (SSSR count). The second-order valence-corrected chi connectivity index (χ2v) is 5.74. The molecule has 0 radical (unpaired) electrons. The standard InChI is InChI=1S/C14H30N2/c1-5-7-14(8-9-15-11-14)12-16(10-6-2)13(3)4/h13,15H,5-12H2,1-4H3. The molecule has 1 aliphatic heterocycles. The van der Waals surface area contributed by atoms with Crippen molar-refractivity contribution in [1.29, 1.82) is 0 Å². The molecule has 1 unspecified atom stereocenters. The van der Waals surface area contributed by atoms with Crippen molar-refractivity contribution in [1.82, 2.24) is 10.2 Å². The van der Waals surface area contributed by atoms with Crippen LogP contribution in [0.3, 0.4) is 0 Å². The fourth-order valence-electron chi connectivity index (χ4n) is 2.99. The van der Waals surface area contributed by atoms with Gasteiger partial charge in [-0.25, -0.2) is 0 Å². The Morgan fingerprint density at radius 2 is 2.00 bits per heavy atom. The lowest BCUT2D eigenvalue weighted by Gasteiger charge is -2.37. The minimum absolute atomic E-state index is 0.564. The van der Waals surface area contributed by atoms with E-state index in [0.29, 0.717) is 11.5 Å². The van der Waals surface area contributed by atoms with Crippen LogP contribution in [-0.2, 0) is 0 Å². The van der Waals surface area contributed by atoms with Crippen LogP contribution in [0.15, 0.2) is 0 Å². The molecule has 2 heteroatoms. The Morgan fingerprint density at radius 3 is 2.44 bits per heavy atom. The smallest absolute Gasteiger partial charge is 0.00533 e. The summed E-state index contributed by atoms with van der Waals surface area (Å²) in [6, 6.07) is 0.689. The third-order valence-corrected chi connectivity index (χ3v) is 3.89. The van der Waals surface area contributed by atoms with Crippen LogP contribution in [0.2, 0.25) is 0 Å². The molecule has 96 valence electrons. The van der Waals surface area contributed by atoms with E-state index in [-0.39, 0.29) is 0 Å². The summed E-state index contributed by atoms with van der Waals surface area (Å²) in [6.45, 7) is 14.3. The van der Waals surface area contributed by atoms with Gasteiger partial charge in [-0.05, 0) is 51.6 Å². The molecule has 16 heavy (non-hydrogen) atoms. The summed E-state index contributed by atoms with van der Waals surface area (Å²) < 4.78 is 0. The van der Waals surface area contributed by atoms with Gasteiger partial charge in [-0.3, -0.25) is 0 Å². The zero-order valence-electron chi connectivity index (χ0n) is 11.7. The van der Waals surface area contributed by atoms with Crippen molar-refractivity contribution in [3.63, 3.8) is 0 Å². The number of nitrogens with zero attached hydrogens (tertiary/aromatic N) is 1. The largest absolute Gasteiger partial charge is 0.316 e. The topological polar surface area (TPSA) is 15.3 Å². The van der Waals surface area contributed by atoms with Gasteiger partial charge < -0.3 is 10.2 Å². The van der Waals surface area contributed by atoms with Gasteiger partial charge in [0.05, 0.1) is 0 Å². The van der Waals surface area contributed by atoms with Crippen LogP contribution in [0.4, 0.5) is 0 Å². The number of nitrogens with one attached hydrogen (secondary N) is 1. The summed E-state index contributed by atoms with van der Waals surface area (Å²) in [7, 11) is 0. The summed E-state index contributed by atoms with van der Waals surface area (Å²) >= 11 is 0. The van der Waals surface area contributed by atoms with Gasteiger partial charge in [0.15, 0.2) is 0 Å². The predicted octanol–water partition coefficient (Wildman–Crippen LogP) is 2.89. The Labute approximate surface area is 102 Å². The van der Waals surface area contributed by atoms with Crippen molar-refractivity contribution in [2.75, 3.05) is 26.2 Å². The van der Waals surface area contributed by atoms with Crippen LogP contribution >= 0.6 is 0 Å². The minimum Gasteiger partial charge on any atom is -0.316 e. The molecule has 0 aromatic carbocycles. The van der Waals surface area contributed by atoms with Crippen LogP contribution in [0, 0.1) is 5.41 Å². The lowest BCUT2D eigenvalue weighted by Crippen LogP contribution is -2.43. The van der Waals surface area contributed by atoms with Crippen molar-refractivity contribution >= 4 is 0 Å². The summed E-state index contributed by atoms with van der Waals surface area (Å²) in [5.74, 6) is 0. The third-order valence-electron chi connectivity index (χ3n) is 3.89. The van der Waals surface area contributed by atoms with Gasteiger partial charge in [-0.15, -0.1) is 0 Å². The van der Waals surface area contributed by atoms with E-state index in [9.17, 15) is 0 Å². The highest BCUT2D eigenvalue weighted by Gasteiger charge is 2.34. The van der Waals surface area contributed by atoms with E-state index in [1.165, 1.54) is 51.9 Å². The molecule has 1 aliphatic rings. The van der Waals surface area contributed by atoms with E-state index in [4.69, 9.17) is 0 Å². The second-order valence-electron chi connectivity index (χ2n) is 5.74. The average Bonchev–Trinajstić information content (AvgIpc) is 2.66. The molecular weight excluding hydrogens is 196 g/mol. The highest BCUT2D eigenvalue weighted by molar-refractivity contribution is 4.90. The molecule has 0 aliphatic carbocycles. The van der Waals surface area contributed by atoms with Crippen LogP contribution in [0.25, 0.3) is 0 Å². The van der Waals surface area contributed by atoms with E-state index in [0.717, 1.165) is 0 Å². The molecule has 0 aromatic heterocycles. The highest BCUT2D eigenvalue weighted by Crippen LogP contribution is 2.32. The molecule has 0 saturated carbocycles. The normalized spacial score (nSPS) is 25.9. The van der Waals surface area contributed by atoms with Crippen LogP contribution in [-0.4, -0.2) is 37.1 Å². The summed E-state index contributed by atoms with van der Waals surface area (Å²) in [5, 5.41) is 3.56. The number of rotatable bonds is 7. The third kappa shape index (κ3) is 3.74. The molecule has 0 amide bonds. The van der Waals surface area contributed by atoms with Gasteiger partial charge in [-0.1, -0.05) is 20.3 Å². The molecule has 1 atom stereocenters. The van der Waals surface area contributed by atoms with Crippen LogP contribution < -0.4 is 5.32 Å². The zero-order valence-corrected chi connectivity index (χ0v) is 11.7. The number of hydrogen-bond donors (Lipinski definition) is 1. The van der Waals surface area contributed by atoms with E-state index in [1.807, 2.05) is 0 Å². The molecule has 0 bridgehead atoms. The quantitative estimate of drug-likeness (QED) is 0.718. The number of hydrogen-bond acceptors (Lipinski definition) is 2. The Kier molecular flexibility index (Phi) is 5.77. The maximum atomic E-state index is 3.56. The Hall–Kier alpha value is -0.0800. The Morgan fingerprint density at radius 1 is 1.25 bits per heavy atom. The Bertz CT molecular complexity index is 183. The van der Waals surface area contributed by atoms with Crippen molar-refractivity contribution in [2.45, 2.75) is 59.4 Å². The molecule has 2 nitrogen and oxygen atoms in total. The van der Waals surface area contributed by atoms with Gasteiger partial charge in [0, 0.05) is 19.1 Å². The van der Waals surface area contributed by atoms with Crippen molar-refractivity contribution < 1.29 is 0 Å². The molecular formula is C14H30N2. The van der Waals surface area contributed by atoms with Crippen molar-refractivity contribution in [2.24, 2.45) is 5.41 Å². The van der Waals surface area contributed by atoms with Gasteiger partial charge in [-0.2, -0.15) is 0 Å². The molecule has 1 fully saturated rings. The molecule has 0 aromatic rings. The van der Waals surface area contributed by atoms with E-state index in [1.54, 1.807) is 0 Å². The average molecular weight is 226 g/mol. The van der Waals surface area contributed by atoms with Gasteiger partial charge >= 0.3 is 0 Å². The molecule has 1 N–H and O–H groups in total. The van der Waals surface area contributed by atoms with Gasteiger partial charge in [0.25, 0.3) is 0 Å². The maximum absolute atomic E-state index is 3.56. The lowest BCUT2D eigenvalue weighted by molar-refractivity contribution is 0.124. The summed E-state index contributed by atoms with van der Waals surface area (Å²) in [6.07, 6.45) is 5.34. The fourth-order valence-corrected chi connectivity index (χ4v) is 2.99. The fraction of sp³-hybridized carbons (Fsp3) is 1.00. The van der Waals surface area contributed by atoms with E-state index in [2.05, 4.69) is 37.9 Å². The highest BCUT2D eigenvalue weighted by atomic mass is 15.2. The zero-order chi connectivity index (χ0) is 12.0. The first-order valence-corrected chi connectivity index (χ1v) is 7.08. The monoisotopic (exact) mass is 226 g/mol. The first-order chi connectivity index (χ1) is 7.63. The van der Waals surface area contributed by atoms with Crippen LogP contribution in [0.1, 0.15) is 53.4 Å². The summed E-state index contributed by atoms with van der Waals surface area (Å²) in [5.41, 5.74) is 0.564. The van der Waals surface area contributed by atoms with Crippen LogP contribution in [0.5, 0.6) is 0 Å². The minimum atomic E-state index is 0.564. The van der Waals surface area contributed by atoms with Gasteiger partial charge in [0.2, 0.25) is 0 Å². The van der Waals surface area contributed by atoms with Crippen molar-refractivity contribution in [3.05, 3.63) is 0 Å². The summed E-state index contributed by atoms with van der Waals surface area (Å²) in [4.78, 5) is 2.67. The predicted molar refractivity (Wildman–Crippen MR) is 71.8 cm³/mol. The lowest BCUT2D eigenvalue weighted by atomic mass is 9.81. The van der Waals surface area contributed by atoms with Gasteiger partial charge in [0.1, 0.15) is 0 Å². The Balaban J connectivity index is 2.57. The molecule has 0 spiro atoms. The SMILES string of the molecule is CCCN(CC1(CCC)CCNC1)C(C)C. The second kappa shape index (κ2) is 6.61. The first kappa shape index (κ1) is 14.0. The van der Waals surface area contributed by atoms with E-state index < -0.39 is 0 Å². The van der Waals surface area contributed by atoms with Crippen molar-refractivity contribution in [3.8, 4) is 0 Å². The van der Waals surface area contributed by atoms with E-state index >= 15 is 0 Å². The maximum Gasteiger partial charge on any atom is 0.00533 e. The first-order valence-electron chi connectivity index (χ1n) is 7.08.